The molecule has 0 aromatic rings. The monoisotopic (exact) mass is 310 g/mol. The van der Waals surface area contributed by atoms with E-state index in [0.29, 0.717) is 19.1 Å². The van der Waals surface area contributed by atoms with Crippen molar-refractivity contribution in [2.24, 2.45) is 17.8 Å². The van der Waals surface area contributed by atoms with Gasteiger partial charge < -0.3 is 8.86 Å². The zero-order chi connectivity index (χ0) is 14.0. The van der Waals surface area contributed by atoms with E-state index >= 15 is 0 Å². The lowest BCUT2D eigenvalue weighted by atomic mass is 9.88. The van der Waals surface area contributed by atoms with Gasteiger partial charge in [0.1, 0.15) is 12.2 Å². The van der Waals surface area contributed by atoms with Crippen molar-refractivity contribution in [1.29, 1.82) is 0 Å². The second kappa shape index (κ2) is 3.90. The van der Waals surface area contributed by atoms with Gasteiger partial charge in [0.2, 0.25) is 10.3 Å². The molecule has 2 bridgehead atoms. The van der Waals surface area contributed by atoms with Crippen LogP contribution in [0.3, 0.4) is 0 Å². The summed E-state index contributed by atoms with van der Waals surface area (Å²) in [4.78, 5) is 11.5. The normalized spacial score (nSPS) is 40.7. The molecule has 0 spiro atoms. The van der Waals surface area contributed by atoms with E-state index in [1.54, 1.807) is 0 Å². The summed E-state index contributed by atoms with van der Waals surface area (Å²) in [7, 11) is -8.60. The smallest absolute Gasteiger partial charge is 0.309 e. The first-order valence-corrected chi connectivity index (χ1v) is 8.95. The summed E-state index contributed by atoms with van der Waals surface area (Å²) in [6.45, 7) is 0. The molecule has 1 heterocycles. The van der Waals surface area contributed by atoms with Gasteiger partial charge in [0.25, 0.3) is 0 Å². The lowest BCUT2D eigenvalue weighted by Crippen LogP contribution is -2.36. The lowest BCUT2D eigenvalue weighted by Gasteiger charge is -2.28. The minimum atomic E-state index is -4.54. The van der Waals surface area contributed by atoms with Crippen LogP contribution in [0.15, 0.2) is 0 Å². The Labute approximate surface area is 110 Å². The molecule has 19 heavy (non-hydrogen) atoms. The highest BCUT2D eigenvalue weighted by atomic mass is 32.3. The molecule has 3 fully saturated rings. The Bertz CT molecular complexity index is 625. The van der Waals surface area contributed by atoms with E-state index < -0.39 is 32.5 Å². The van der Waals surface area contributed by atoms with Gasteiger partial charge in [0, 0.05) is 12.2 Å². The SMILES string of the molecule is CS(=O)(=O)[N-]S(=O)(=O)OC1C2CC3C(=O)OC1C3C2. The number of nitrogens with zero attached hydrogens (tertiary/aromatic N) is 1. The van der Waals surface area contributed by atoms with E-state index in [2.05, 4.69) is 4.13 Å². The third kappa shape index (κ3) is 2.26. The van der Waals surface area contributed by atoms with Crippen LogP contribution in [-0.2, 0) is 34.0 Å². The number of hydrogen-bond donors (Lipinski definition) is 0. The fraction of sp³-hybridized carbons (Fsp3) is 0.889. The molecule has 0 aromatic heterocycles. The Hall–Kier alpha value is -0.710. The second-order valence-electron chi connectivity index (χ2n) is 5.20. The topological polar surface area (TPSA) is 118 Å². The van der Waals surface area contributed by atoms with E-state index in [-0.39, 0.29) is 23.7 Å². The summed E-state index contributed by atoms with van der Waals surface area (Å²) in [5.74, 6) is -0.600. The van der Waals surface area contributed by atoms with Crippen molar-refractivity contribution in [3.05, 3.63) is 4.13 Å². The van der Waals surface area contributed by atoms with E-state index in [9.17, 15) is 21.6 Å². The molecule has 3 aliphatic rings. The lowest BCUT2D eigenvalue weighted by molar-refractivity contribution is -0.145. The molecule has 5 atom stereocenters. The van der Waals surface area contributed by atoms with Crippen LogP contribution in [0.4, 0.5) is 0 Å². The molecule has 0 aromatic carbocycles. The van der Waals surface area contributed by atoms with E-state index in [1.165, 1.54) is 0 Å². The van der Waals surface area contributed by atoms with Crippen LogP contribution >= 0.6 is 0 Å². The molecular formula is C9H12NO7S2-. The highest BCUT2D eigenvalue weighted by Gasteiger charge is 2.63. The molecule has 108 valence electrons. The number of esters is 1. The summed E-state index contributed by atoms with van der Waals surface area (Å²) in [5, 5.41) is 0. The van der Waals surface area contributed by atoms with Crippen LogP contribution in [0, 0.1) is 17.8 Å². The van der Waals surface area contributed by atoms with Crippen LogP contribution in [-0.4, -0.2) is 41.3 Å². The van der Waals surface area contributed by atoms with Crippen LogP contribution in [0.5, 0.6) is 0 Å². The van der Waals surface area contributed by atoms with Crippen LogP contribution in [0.25, 0.3) is 4.13 Å². The average Bonchev–Trinajstić information content (AvgIpc) is 2.78. The maximum absolute atomic E-state index is 11.5. The molecule has 0 N–H and O–H groups in total. The van der Waals surface area contributed by atoms with Gasteiger partial charge in [-0.3, -0.25) is 8.98 Å². The molecular weight excluding hydrogens is 298 g/mol. The summed E-state index contributed by atoms with van der Waals surface area (Å²) < 4.78 is 57.4. The third-order valence-corrected chi connectivity index (χ3v) is 6.15. The average molecular weight is 310 g/mol. The Kier molecular flexibility index (Phi) is 2.73. The predicted octanol–water partition coefficient (Wildman–Crippen LogP) is -0.469. The van der Waals surface area contributed by atoms with E-state index in [0.717, 1.165) is 0 Å². The van der Waals surface area contributed by atoms with Gasteiger partial charge in [-0.15, -0.1) is 0 Å². The number of carbonyl (C=O) groups is 1. The van der Waals surface area contributed by atoms with Crippen molar-refractivity contribution >= 4 is 26.3 Å². The zero-order valence-corrected chi connectivity index (χ0v) is 11.6. The van der Waals surface area contributed by atoms with Gasteiger partial charge in [0.05, 0.1) is 15.9 Å². The number of ether oxygens (including phenoxy) is 1. The van der Waals surface area contributed by atoms with Crippen molar-refractivity contribution in [3.63, 3.8) is 0 Å². The first-order valence-electron chi connectivity index (χ1n) is 5.74. The van der Waals surface area contributed by atoms with Crippen molar-refractivity contribution in [2.75, 3.05) is 6.26 Å². The Morgan fingerprint density at radius 3 is 2.58 bits per heavy atom. The molecule has 3 rings (SSSR count). The van der Waals surface area contributed by atoms with Gasteiger partial charge in [-0.1, -0.05) is 0 Å². The maximum atomic E-state index is 11.5. The summed E-state index contributed by atoms with van der Waals surface area (Å²) in [5.41, 5.74) is 0. The van der Waals surface area contributed by atoms with Crippen molar-refractivity contribution in [3.8, 4) is 0 Å². The fourth-order valence-electron chi connectivity index (χ4n) is 3.36. The number of rotatable bonds is 4. The second-order valence-corrected chi connectivity index (χ2v) is 8.31. The first kappa shape index (κ1) is 13.3. The van der Waals surface area contributed by atoms with Crippen LogP contribution < -0.4 is 0 Å². The minimum Gasteiger partial charge on any atom is -0.459 e. The summed E-state index contributed by atoms with van der Waals surface area (Å²) in [6, 6.07) is 0. The Morgan fingerprint density at radius 2 is 1.95 bits per heavy atom. The molecule has 10 heteroatoms. The van der Waals surface area contributed by atoms with Crippen molar-refractivity contribution in [1.82, 2.24) is 0 Å². The van der Waals surface area contributed by atoms with Gasteiger partial charge in [-0.25, -0.2) is 16.8 Å². The number of hydrogen-bond acceptors (Lipinski definition) is 7. The highest BCUT2D eigenvalue weighted by molar-refractivity contribution is 8.09. The van der Waals surface area contributed by atoms with E-state index in [4.69, 9.17) is 8.92 Å². The highest BCUT2D eigenvalue weighted by Crippen LogP contribution is 2.55. The number of carbonyl (C=O) groups excluding carboxylic acids is 1. The van der Waals surface area contributed by atoms with Crippen molar-refractivity contribution in [2.45, 2.75) is 25.0 Å². The van der Waals surface area contributed by atoms with E-state index in [1.807, 2.05) is 0 Å². The molecule has 2 saturated carbocycles. The number of fused-ring (bicyclic) bond motifs is 1. The Balaban J connectivity index is 1.77. The molecule has 2 aliphatic carbocycles. The molecule has 0 radical (unpaired) electrons. The van der Waals surface area contributed by atoms with Crippen LogP contribution in [0.2, 0.25) is 0 Å². The summed E-state index contributed by atoms with van der Waals surface area (Å²) in [6.07, 6.45) is 0.448. The van der Waals surface area contributed by atoms with Gasteiger partial charge in [-0.2, -0.15) is 0 Å². The fourth-order valence-corrected chi connectivity index (χ4v) is 5.37. The number of sulfonamides is 1. The third-order valence-electron chi connectivity index (χ3n) is 3.87. The van der Waals surface area contributed by atoms with Crippen molar-refractivity contribution < 1.29 is 30.6 Å². The standard InChI is InChI=1S/C9H12NO7S2/c1-18(12,13)10-19(14,15)17-7-4-2-5-6(3-4)9(11)16-8(5)7/h4-8H,2-3H2,1H3/q-1. The van der Waals surface area contributed by atoms with Gasteiger partial charge in [-0.05, 0) is 18.8 Å². The maximum Gasteiger partial charge on any atom is 0.309 e. The molecule has 8 nitrogen and oxygen atoms in total. The quantitative estimate of drug-likeness (QED) is 0.644. The van der Waals surface area contributed by atoms with Crippen LogP contribution in [0.1, 0.15) is 12.8 Å². The molecule has 1 aliphatic heterocycles. The Morgan fingerprint density at radius 1 is 1.26 bits per heavy atom. The molecule has 1 saturated heterocycles. The summed E-state index contributed by atoms with van der Waals surface area (Å²) >= 11 is 0. The largest absolute Gasteiger partial charge is 0.459 e. The van der Waals surface area contributed by atoms with Gasteiger partial charge >= 0.3 is 5.97 Å². The molecule has 5 unspecified atom stereocenters. The zero-order valence-electron chi connectivity index (χ0n) is 9.92. The molecule has 0 amide bonds. The predicted molar refractivity (Wildman–Crippen MR) is 61.6 cm³/mol. The minimum absolute atomic E-state index is 0.0177. The first-order chi connectivity index (χ1) is 8.66. The van der Waals surface area contributed by atoms with Gasteiger partial charge in [0.15, 0.2) is 0 Å².